The van der Waals surface area contributed by atoms with Gasteiger partial charge in [-0.15, -0.1) is 24.0 Å². The van der Waals surface area contributed by atoms with Crippen molar-refractivity contribution in [3.05, 3.63) is 28.5 Å². The maximum absolute atomic E-state index is 6.02. The summed E-state index contributed by atoms with van der Waals surface area (Å²) in [5.74, 6) is 7.05. The molecule has 0 saturated carbocycles. The summed E-state index contributed by atoms with van der Waals surface area (Å²) < 4.78 is 4.83. The fourth-order valence-electron chi connectivity index (χ4n) is 7.33. The van der Waals surface area contributed by atoms with Gasteiger partial charge in [0.1, 0.15) is 56.8 Å². The van der Waals surface area contributed by atoms with E-state index in [0.717, 1.165) is 162 Å². The first-order valence-electron chi connectivity index (χ1n) is 30.5. The molecule has 0 bridgehead atoms. The van der Waals surface area contributed by atoms with Crippen LogP contribution in [0.4, 0.5) is 64.4 Å². The fraction of sp³-hybridized carbons (Fsp3) is 0.579. The van der Waals surface area contributed by atoms with E-state index < -0.39 is 0 Å². The molecule has 14 N–H and O–H groups in total. The molecule has 0 aliphatic heterocycles. The van der Waals surface area contributed by atoms with Gasteiger partial charge in [0.2, 0.25) is 33.7 Å². The molecule has 0 aliphatic carbocycles. The monoisotopic (exact) mass is 1420 g/mol. The van der Waals surface area contributed by atoms with Crippen LogP contribution in [0.2, 0.25) is 15.9 Å². The Hall–Kier alpha value is -5.55. The van der Waals surface area contributed by atoms with Crippen molar-refractivity contribution in [2.45, 2.75) is 121 Å². The van der Waals surface area contributed by atoms with Crippen molar-refractivity contribution in [3.63, 3.8) is 0 Å². The van der Waals surface area contributed by atoms with E-state index in [4.69, 9.17) is 39.5 Å². The number of fused-ring (bicyclic) bond motifs is 4. The molecule has 0 atom stereocenters. The van der Waals surface area contributed by atoms with Gasteiger partial charge in [-0.1, -0.05) is 55.4 Å². The van der Waals surface area contributed by atoms with Gasteiger partial charge in [0.15, 0.2) is 46.5 Å². The van der Waals surface area contributed by atoms with Crippen LogP contribution >= 0.6 is 58.8 Å². The molecule has 0 aromatic carbocycles. The van der Waals surface area contributed by atoms with Crippen LogP contribution in [-0.4, -0.2) is 185 Å². The van der Waals surface area contributed by atoms with Crippen molar-refractivity contribution in [1.82, 2.24) is 79.7 Å². The molecule has 0 spiro atoms. The summed E-state index contributed by atoms with van der Waals surface area (Å²) in [5.41, 5.74) is 9.88. The number of alkyl halides is 1. The Balaban J connectivity index is 0. The number of nitrogens with two attached hydrogens (primary N) is 1. The predicted octanol–water partition coefficient (Wildman–Crippen LogP) is 9.06. The molecule has 8 rings (SSSR count). The van der Waals surface area contributed by atoms with Crippen molar-refractivity contribution < 1.29 is 61.6 Å². The third-order valence-electron chi connectivity index (χ3n) is 11.4. The predicted molar refractivity (Wildman–Crippen MR) is 388 cm³/mol. The Labute approximate surface area is 616 Å². The van der Waals surface area contributed by atoms with E-state index in [0.29, 0.717) is 63.2 Å². The molecule has 0 unspecified atom stereocenters. The maximum atomic E-state index is 6.02. The van der Waals surface area contributed by atoms with Crippen LogP contribution in [0.3, 0.4) is 0 Å². The molecule has 0 fully saturated rings. The molecule has 0 amide bonds. The van der Waals surface area contributed by atoms with Gasteiger partial charge in [-0.05, 0) is 107 Å². The minimum atomic E-state index is 0. The summed E-state index contributed by atoms with van der Waals surface area (Å²) in [4.78, 5) is 69.1. The Morgan fingerprint density at radius 1 is 0.323 bits per heavy atom. The van der Waals surface area contributed by atoms with Gasteiger partial charge in [0.05, 0.1) is 0 Å². The molecule has 0 aliphatic rings. The van der Waals surface area contributed by atoms with E-state index >= 15 is 0 Å². The van der Waals surface area contributed by atoms with Crippen molar-refractivity contribution in [2.75, 3.05) is 159 Å². The number of nitrogens with zero attached hydrogens (tertiary/aromatic N) is 16. The van der Waals surface area contributed by atoms with Gasteiger partial charge in [-0.25, -0.2) is 49.8 Å². The smallest absolute Gasteiger partial charge is 0.870 e. The topological polar surface area (TPSA) is 404 Å². The second-order valence-electron chi connectivity index (χ2n) is 18.4. The fourth-order valence-corrected chi connectivity index (χ4v) is 7.84. The van der Waals surface area contributed by atoms with Crippen LogP contribution < -0.4 is 116 Å². The molecule has 8 aromatic heterocycles. The van der Waals surface area contributed by atoms with Crippen molar-refractivity contribution in [1.29, 1.82) is 0 Å². The Kier molecular flexibility index (Phi) is 51.6. The van der Waals surface area contributed by atoms with E-state index in [-0.39, 0.29) is 85.1 Å². The van der Waals surface area contributed by atoms with E-state index in [1.165, 1.54) is 13.4 Å². The summed E-state index contributed by atoms with van der Waals surface area (Å²) in [6, 6.07) is 0. The van der Waals surface area contributed by atoms with Crippen molar-refractivity contribution >= 4 is 167 Å². The summed E-state index contributed by atoms with van der Waals surface area (Å²) in [6.45, 7) is 28.9. The van der Waals surface area contributed by atoms with Crippen LogP contribution in [-0.2, 0) is 4.74 Å². The molecule has 93 heavy (non-hydrogen) atoms. The molecular weight excluding hydrogens is 1330 g/mol. The van der Waals surface area contributed by atoms with Gasteiger partial charge in [-0.2, -0.15) is 29.9 Å². The summed E-state index contributed by atoms with van der Waals surface area (Å²) in [5, 5.41) is 35.4. The molecule has 8 aromatic rings. The molecule has 30 nitrogen and oxygen atoms in total. The van der Waals surface area contributed by atoms with Crippen LogP contribution in [0.5, 0.6) is 0 Å². The Morgan fingerprint density at radius 3 is 0.742 bits per heavy atom. The third kappa shape index (κ3) is 30.4. The molecule has 514 valence electrons. The number of aromatic nitrogens is 16. The van der Waals surface area contributed by atoms with Crippen molar-refractivity contribution in [2.24, 2.45) is 5.73 Å². The number of nitrogens with one attached hydrogen (secondary N) is 11. The average molecular weight is 1420 g/mol. The first-order valence-corrected chi connectivity index (χ1v) is 32.4. The number of anilines is 11. The van der Waals surface area contributed by atoms with E-state index in [9.17, 15) is 0 Å². The molecular formula is C57H98Cl5KN28O2. The summed E-state index contributed by atoms with van der Waals surface area (Å²) >= 11 is 22.6. The largest absolute Gasteiger partial charge is 1.00 e. The van der Waals surface area contributed by atoms with E-state index in [1.807, 2.05) is 13.8 Å². The molecule has 36 heteroatoms. The first-order chi connectivity index (χ1) is 43.8. The van der Waals surface area contributed by atoms with Crippen molar-refractivity contribution in [3.8, 4) is 0 Å². The zero-order valence-electron chi connectivity index (χ0n) is 56.9. The zero-order chi connectivity index (χ0) is 66.6. The zero-order valence-corrected chi connectivity index (χ0v) is 63.9. The van der Waals surface area contributed by atoms with Gasteiger partial charge < -0.3 is 74.4 Å². The quantitative estimate of drug-likeness (QED) is 0.0118. The molecule has 0 saturated heterocycles. The normalized spacial score (nSPS) is 9.85. The number of hydrogen-bond donors (Lipinski definition) is 12. The van der Waals surface area contributed by atoms with Crippen LogP contribution in [0, 0.1) is 0 Å². The van der Waals surface area contributed by atoms with Crippen LogP contribution in [0.1, 0.15) is 121 Å². The van der Waals surface area contributed by atoms with Gasteiger partial charge in [0.25, 0.3) is 0 Å². The molecule has 0 radical (unpaired) electrons. The second-order valence-corrected chi connectivity index (χ2v) is 19.4. The van der Waals surface area contributed by atoms with Gasteiger partial charge >= 0.3 is 51.4 Å². The van der Waals surface area contributed by atoms with E-state index in [1.54, 1.807) is 33.8 Å². The third-order valence-corrected chi connectivity index (χ3v) is 11.9. The number of halogens is 5. The minimum absolute atomic E-state index is 0. The van der Waals surface area contributed by atoms with E-state index in [2.05, 4.69) is 211 Å². The number of rotatable bonds is 29. The van der Waals surface area contributed by atoms with Gasteiger partial charge in [-0.3, -0.25) is 0 Å². The first kappa shape index (κ1) is 89.5. The van der Waals surface area contributed by atoms with Gasteiger partial charge in [0, 0.05) is 93.1 Å². The number of hydrogen-bond acceptors (Lipinski definition) is 30. The summed E-state index contributed by atoms with van der Waals surface area (Å²) in [7, 11) is 6.88. The Bertz CT molecular complexity index is 3140. The SMILES string of the molecule is CCCNc1nc(Cl)nc2c(NCCC)nc(Cl)nc12.CCCNc1nc(NC)nc2c(NCCC)nc(Cl)nc12.CCCNc1nc(NC)nc2c(NCCC)ncnc12.CCCNc1nc(NC)nc2c(NCCC)ncnc12.CCOCC.CCl.CN.Cl.[K+].[OH-]. The molecule has 8 heterocycles. The second kappa shape index (κ2) is 53.7. The minimum Gasteiger partial charge on any atom is -0.870 e. The standard InChI is InChI=1S/C13H20ClN7.2C13H21N7.C12H16Cl2N6.C4H10O.CH3Cl.CH5N.ClH.K.H2O/c1-4-6-16-10-9-8(18-12(14)20-10)11(17-7-5-2)21-13(15-3)19-9;2*1-4-6-15-11-10-9(17-8-18-11)12(16-7-5-2)20-13(14-3)19-10;1-3-5-15-9-7-8(18-11(13)19-9)10(16-6-4-2)20-12(14)17-7;1-3-5-4-2;2*1-2;;;/h4-7H2,1-3H3,(H,16,18,20)(H2,15,17,19,21);2*8H,4-7H2,1-3H3,(H,15,17,18)(H2,14,16,19,20);3-6H2,1-2H3,(H,15,18,19)(H,16,17,20);3-4H2,1-2H3;1H3;2H2,1H3;1H;;1H2/q;;;;;;;;+1;/p-1. The summed E-state index contributed by atoms with van der Waals surface area (Å²) in [6.07, 6.45) is 12.5. The average Bonchev–Trinajstić information content (AvgIpc) is 0.854. The van der Waals surface area contributed by atoms with Crippen LogP contribution in [0.25, 0.3) is 44.1 Å². The Morgan fingerprint density at radius 2 is 0.527 bits per heavy atom. The maximum Gasteiger partial charge on any atom is 1.00 e. The number of ether oxygens (including phenoxy) is 1. The van der Waals surface area contributed by atoms with Crippen LogP contribution in [0.15, 0.2) is 12.7 Å².